The Morgan fingerprint density at radius 3 is 2.43 bits per heavy atom. The van der Waals surface area contributed by atoms with E-state index in [-0.39, 0.29) is 6.61 Å². The van der Waals surface area contributed by atoms with E-state index in [0.29, 0.717) is 6.42 Å². The molecule has 0 bridgehead atoms. The van der Waals surface area contributed by atoms with Crippen LogP contribution in [0.2, 0.25) is 0 Å². The minimum Gasteiger partial charge on any atom is -0.494 e. The van der Waals surface area contributed by atoms with Crippen molar-refractivity contribution in [3.8, 4) is 5.75 Å². The Morgan fingerprint density at radius 1 is 1.03 bits per heavy atom. The highest BCUT2D eigenvalue weighted by molar-refractivity contribution is 5.75. The van der Waals surface area contributed by atoms with E-state index in [1.165, 1.54) is 5.56 Å². The molecule has 0 fully saturated rings. The molecule has 4 heteroatoms. The Morgan fingerprint density at radius 2 is 1.80 bits per heavy atom. The highest BCUT2D eigenvalue weighted by Gasteiger charge is 2.30. The molecule has 160 valence electrons. The average Bonchev–Trinajstić information content (AvgIpc) is 2.78. The third-order valence-electron chi connectivity index (χ3n) is 5.55. The van der Waals surface area contributed by atoms with Gasteiger partial charge in [0, 0.05) is 5.41 Å². The van der Waals surface area contributed by atoms with Gasteiger partial charge in [-0.25, -0.2) is 0 Å². The van der Waals surface area contributed by atoms with Crippen LogP contribution in [-0.2, 0) is 11.2 Å². The SMILES string of the molecule is CCCCOc1ccc(CCC2(COC(F)F)C=CC(c3ccccc3)=CC2)cc1. The van der Waals surface area contributed by atoms with Crippen molar-refractivity contribution in [2.45, 2.75) is 45.6 Å². The van der Waals surface area contributed by atoms with Crippen molar-refractivity contribution in [1.29, 1.82) is 0 Å². The van der Waals surface area contributed by atoms with Crippen molar-refractivity contribution in [3.63, 3.8) is 0 Å². The number of hydrogen-bond donors (Lipinski definition) is 0. The highest BCUT2D eigenvalue weighted by Crippen LogP contribution is 2.38. The molecular weight excluding hydrogens is 382 g/mol. The van der Waals surface area contributed by atoms with Gasteiger partial charge >= 0.3 is 6.61 Å². The predicted molar refractivity (Wildman–Crippen MR) is 118 cm³/mol. The molecule has 2 aromatic carbocycles. The van der Waals surface area contributed by atoms with Gasteiger partial charge in [-0.1, -0.05) is 74.0 Å². The number of alkyl halides is 2. The number of unbranched alkanes of at least 4 members (excludes halogenated alkanes) is 1. The first-order valence-corrected chi connectivity index (χ1v) is 10.7. The van der Waals surface area contributed by atoms with Crippen molar-refractivity contribution in [3.05, 3.63) is 84.0 Å². The fraction of sp³-hybridized carbons (Fsp3) is 0.385. The van der Waals surface area contributed by atoms with Crippen LogP contribution in [0.4, 0.5) is 8.78 Å². The third kappa shape index (κ3) is 6.53. The van der Waals surface area contributed by atoms with Crippen LogP contribution in [0.5, 0.6) is 5.75 Å². The lowest BCUT2D eigenvalue weighted by molar-refractivity contribution is -0.147. The Balaban J connectivity index is 1.63. The van der Waals surface area contributed by atoms with Crippen LogP contribution in [0, 0.1) is 5.41 Å². The molecule has 3 rings (SSSR count). The van der Waals surface area contributed by atoms with E-state index in [1.54, 1.807) is 0 Å². The molecule has 2 aromatic rings. The molecule has 0 N–H and O–H groups in total. The van der Waals surface area contributed by atoms with Gasteiger partial charge < -0.3 is 9.47 Å². The monoisotopic (exact) mass is 412 g/mol. The summed E-state index contributed by atoms with van der Waals surface area (Å²) in [5.74, 6) is 0.871. The number of benzene rings is 2. The van der Waals surface area contributed by atoms with Crippen molar-refractivity contribution in [1.82, 2.24) is 0 Å². The standard InChI is InChI=1S/C26H30F2O2/c1-2-3-19-29-24-11-9-21(10-12-24)13-16-26(20-30-25(27)28)17-14-23(15-18-26)22-7-5-4-6-8-22/h4-12,14-15,17,25H,2-3,13,16,18-20H2,1H3. The van der Waals surface area contributed by atoms with Crippen molar-refractivity contribution in [2.24, 2.45) is 5.41 Å². The van der Waals surface area contributed by atoms with E-state index < -0.39 is 12.0 Å². The molecule has 0 radical (unpaired) electrons. The summed E-state index contributed by atoms with van der Waals surface area (Å²) in [7, 11) is 0. The molecular formula is C26H30F2O2. The summed E-state index contributed by atoms with van der Waals surface area (Å²) in [5, 5.41) is 0. The zero-order valence-electron chi connectivity index (χ0n) is 17.5. The number of allylic oxidation sites excluding steroid dienone is 3. The number of halogens is 2. The van der Waals surface area contributed by atoms with E-state index in [9.17, 15) is 8.78 Å². The van der Waals surface area contributed by atoms with Crippen LogP contribution in [0.3, 0.4) is 0 Å². The van der Waals surface area contributed by atoms with E-state index in [0.717, 1.165) is 49.2 Å². The smallest absolute Gasteiger partial charge is 0.345 e. The fourth-order valence-electron chi connectivity index (χ4n) is 3.63. The quantitative estimate of drug-likeness (QED) is 0.368. The van der Waals surface area contributed by atoms with Crippen LogP contribution in [0.15, 0.2) is 72.8 Å². The molecule has 0 saturated heterocycles. The van der Waals surface area contributed by atoms with Crippen molar-refractivity contribution < 1.29 is 18.3 Å². The molecule has 0 aliphatic heterocycles. The van der Waals surface area contributed by atoms with Crippen molar-refractivity contribution in [2.75, 3.05) is 13.2 Å². The summed E-state index contributed by atoms with van der Waals surface area (Å²) in [4.78, 5) is 0. The molecule has 1 aliphatic rings. The predicted octanol–water partition coefficient (Wildman–Crippen LogP) is 7.07. The maximum Gasteiger partial charge on any atom is 0.345 e. The second-order valence-corrected chi connectivity index (χ2v) is 7.84. The van der Waals surface area contributed by atoms with Crippen LogP contribution in [0.25, 0.3) is 5.57 Å². The van der Waals surface area contributed by atoms with Gasteiger partial charge in [-0.15, -0.1) is 0 Å². The van der Waals surface area contributed by atoms with Gasteiger partial charge in [0.15, 0.2) is 0 Å². The molecule has 0 spiro atoms. The largest absolute Gasteiger partial charge is 0.494 e. The van der Waals surface area contributed by atoms with E-state index >= 15 is 0 Å². The third-order valence-corrected chi connectivity index (χ3v) is 5.55. The van der Waals surface area contributed by atoms with E-state index in [1.807, 2.05) is 36.4 Å². The van der Waals surface area contributed by atoms with Gasteiger partial charge in [-0.05, 0) is 54.5 Å². The normalized spacial score (nSPS) is 18.5. The highest BCUT2D eigenvalue weighted by atomic mass is 19.3. The molecule has 0 heterocycles. The molecule has 2 nitrogen and oxygen atoms in total. The fourth-order valence-corrected chi connectivity index (χ4v) is 3.63. The number of hydrogen-bond acceptors (Lipinski definition) is 2. The average molecular weight is 413 g/mol. The Hall–Kier alpha value is -2.46. The first-order valence-electron chi connectivity index (χ1n) is 10.7. The maximum atomic E-state index is 12.8. The zero-order valence-corrected chi connectivity index (χ0v) is 17.5. The summed E-state index contributed by atoms with van der Waals surface area (Å²) in [6.07, 6.45) is 10.6. The topological polar surface area (TPSA) is 18.5 Å². The summed E-state index contributed by atoms with van der Waals surface area (Å²) in [6, 6.07) is 18.2. The first kappa shape index (κ1) is 22.2. The lowest BCUT2D eigenvalue weighted by atomic mass is 9.75. The second-order valence-electron chi connectivity index (χ2n) is 7.84. The summed E-state index contributed by atoms with van der Waals surface area (Å²) < 4.78 is 36.0. The van der Waals surface area contributed by atoms with E-state index in [4.69, 9.17) is 9.47 Å². The molecule has 30 heavy (non-hydrogen) atoms. The zero-order chi connectivity index (χ0) is 21.2. The van der Waals surface area contributed by atoms with Gasteiger partial charge in [0.2, 0.25) is 0 Å². The Labute approximate surface area is 178 Å². The lowest BCUT2D eigenvalue weighted by Gasteiger charge is -2.32. The molecule has 0 saturated carbocycles. The van der Waals surface area contributed by atoms with Crippen molar-refractivity contribution >= 4 is 5.57 Å². The van der Waals surface area contributed by atoms with Gasteiger partial charge in [0.05, 0.1) is 13.2 Å². The van der Waals surface area contributed by atoms with Gasteiger partial charge in [0.25, 0.3) is 0 Å². The van der Waals surface area contributed by atoms with Gasteiger partial charge in [-0.2, -0.15) is 8.78 Å². The van der Waals surface area contributed by atoms with Crippen LogP contribution in [0.1, 0.15) is 43.7 Å². The lowest BCUT2D eigenvalue weighted by Crippen LogP contribution is -2.28. The van der Waals surface area contributed by atoms with Crippen LogP contribution >= 0.6 is 0 Å². The summed E-state index contributed by atoms with van der Waals surface area (Å²) in [5.41, 5.74) is 3.00. The minimum absolute atomic E-state index is 0.0119. The van der Waals surface area contributed by atoms with Gasteiger partial charge in [-0.3, -0.25) is 0 Å². The molecule has 1 atom stereocenters. The number of rotatable bonds is 11. The molecule has 1 unspecified atom stereocenters. The first-order chi connectivity index (χ1) is 14.6. The maximum absolute atomic E-state index is 12.8. The molecule has 1 aliphatic carbocycles. The van der Waals surface area contributed by atoms with Crippen LogP contribution in [-0.4, -0.2) is 19.8 Å². The Bertz CT molecular complexity index is 828. The molecule has 0 aromatic heterocycles. The molecule has 0 amide bonds. The second kappa shape index (κ2) is 11.1. The van der Waals surface area contributed by atoms with Gasteiger partial charge in [0.1, 0.15) is 5.75 Å². The number of aryl methyl sites for hydroxylation is 1. The summed E-state index contributed by atoms with van der Waals surface area (Å²) in [6.45, 7) is 0.120. The van der Waals surface area contributed by atoms with E-state index in [2.05, 4.69) is 43.3 Å². The minimum atomic E-state index is -2.76. The summed E-state index contributed by atoms with van der Waals surface area (Å²) >= 11 is 0. The number of ether oxygens (including phenoxy) is 2. The Kier molecular flexibility index (Phi) is 8.21. The van der Waals surface area contributed by atoms with Crippen LogP contribution < -0.4 is 4.74 Å².